The first kappa shape index (κ1) is 47.9. The number of hydrogen-bond donors (Lipinski definition) is 0. The summed E-state index contributed by atoms with van der Waals surface area (Å²) >= 11 is 0. The summed E-state index contributed by atoms with van der Waals surface area (Å²) in [4.78, 5) is 0. The van der Waals surface area contributed by atoms with Crippen molar-refractivity contribution in [2.45, 2.75) is 0 Å². The molecule has 2 aliphatic heterocycles. The van der Waals surface area contributed by atoms with Crippen molar-refractivity contribution in [1.29, 1.82) is 0 Å². The Kier molecular flexibility index (Phi) is 9.81. The van der Waals surface area contributed by atoms with Crippen LogP contribution in [0, 0.1) is 0 Å². The van der Waals surface area contributed by atoms with Gasteiger partial charge in [-0.05, 0) is 165 Å². The number of furan rings is 1. The first-order valence-electron chi connectivity index (χ1n) is 30.6. The standard InChI is InChI=1S/C84H49BN2O/c1-5-22-50(23-6-1)55-43-65(52-26-9-3-10-27-52)79(66(44-55)53-28-11-4-12-29-53)56-45-75-82-76(46-56)87-74-48-68-62-35-19-20-39-77(62)88-78(68)49-67(74)64-37-21-38-71(83(64)87)85(82)72-47-69-61-34-16-15-32-59(61)60-33-17-18-36-63(60)80(69)81-70-42-54(40-41-73(70)86(75)84(72)81)58-31-14-13-30-57(58)51-24-7-2-8-25-51/h1-49H. The minimum Gasteiger partial charge on any atom is -0.456 e. The van der Waals surface area contributed by atoms with Crippen LogP contribution < -0.4 is 16.4 Å². The fraction of sp³-hybridized carbons (Fsp3) is 0. The molecule has 4 heteroatoms. The van der Waals surface area contributed by atoms with E-state index in [0.29, 0.717) is 0 Å². The first-order chi connectivity index (χ1) is 43.7. The van der Waals surface area contributed by atoms with Gasteiger partial charge in [0, 0.05) is 54.6 Å². The van der Waals surface area contributed by atoms with Gasteiger partial charge in [0.15, 0.2) is 0 Å². The zero-order valence-electron chi connectivity index (χ0n) is 47.7. The predicted molar refractivity (Wildman–Crippen MR) is 372 cm³/mol. The molecule has 0 aliphatic carbocycles. The lowest BCUT2D eigenvalue weighted by Crippen LogP contribution is -2.59. The van der Waals surface area contributed by atoms with Gasteiger partial charge < -0.3 is 13.6 Å². The van der Waals surface area contributed by atoms with E-state index in [1.54, 1.807) is 0 Å². The van der Waals surface area contributed by atoms with Gasteiger partial charge in [0.25, 0.3) is 6.71 Å². The highest BCUT2D eigenvalue weighted by molar-refractivity contribution is 7.00. The topological polar surface area (TPSA) is 23.0 Å². The van der Waals surface area contributed by atoms with Gasteiger partial charge in [-0.25, -0.2) is 0 Å². The first-order valence-corrected chi connectivity index (χ1v) is 30.6. The third-order valence-electron chi connectivity index (χ3n) is 19.6. The van der Waals surface area contributed by atoms with Crippen molar-refractivity contribution in [3.8, 4) is 78.1 Å². The van der Waals surface area contributed by atoms with Gasteiger partial charge in [-0.15, -0.1) is 0 Å². The normalized spacial score (nSPS) is 12.5. The summed E-state index contributed by atoms with van der Waals surface area (Å²) < 4.78 is 12.1. The van der Waals surface area contributed by atoms with Crippen LogP contribution in [-0.2, 0) is 0 Å². The van der Waals surface area contributed by atoms with Crippen molar-refractivity contribution in [2.24, 2.45) is 0 Å². The number of hydrogen-bond acceptors (Lipinski definition) is 1. The molecular formula is C84H49BN2O. The van der Waals surface area contributed by atoms with Gasteiger partial charge in [-0.2, -0.15) is 0 Å². The van der Waals surface area contributed by atoms with Crippen molar-refractivity contribution in [1.82, 2.24) is 9.13 Å². The monoisotopic (exact) mass is 1110 g/mol. The molecular weight excluding hydrogens is 1060 g/mol. The van der Waals surface area contributed by atoms with E-state index < -0.39 is 0 Å². The van der Waals surface area contributed by atoms with Crippen LogP contribution in [0.5, 0.6) is 0 Å². The zero-order chi connectivity index (χ0) is 57.3. The Balaban J connectivity index is 0.997. The lowest BCUT2D eigenvalue weighted by Gasteiger charge is -2.35. The predicted octanol–water partition coefficient (Wildman–Crippen LogP) is 20.4. The summed E-state index contributed by atoms with van der Waals surface area (Å²) in [5.41, 5.74) is 27.1. The molecule has 2 aliphatic rings. The molecule has 0 N–H and O–H groups in total. The molecule has 88 heavy (non-hydrogen) atoms. The van der Waals surface area contributed by atoms with Gasteiger partial charge in [0.05, 0.1) is 16.6 Å². The van der Waals surface area contributed by atoms with E-state index in [1.165, 1.54) is 148 Å². The average Bonchev–Trinajstić information content (AvgIpc) is 1.43. The third-order valence-corrected chi connectivity index (χ3v) is 19.6. The molecule has 5 heterocycles. The Morgan fingerprint density at radius 2 is 0.784 bits per heavy atom. The van der Waals surface area contributed by atoms with E-state index in [-0.39, 0.29) is 6.71 Å². The number of para-hydroxylation sites is 2. The van der Waals surface area contributed by atoms with E-state index in [2.05, 4.69) is 306 Å². The second-order valence-electron chi connectivity index (χ2n) is 24.1. The molecule has 0 saturated carbocycles. The number of fused-ring (bicyclic) bond motifs is 20. The van der Waals surface area contributed by atoms with Gasteiger partial charge >= 0.3 is 0 Å². The molecule has 15 aromatic carbocycles. The Labute approximate surface area is 506 Å². The summed E-state index contributed by atoms with van der Waals surface area (Å²) in [6.07, 6.45) is 0. The molecule has 0 fully saturated rings. The Bertz CT molecular complexity index is 5970. The fourth-order valence-corrected chi connectivity index (χ4v) is 16.0. The van der Waals surface area contributed by atoms with Crippen LogP contribution in [0.2, 0.25) is 0 Å². The van der Waals surface area contributed by atoms with Crippen LogP contribution in [-0.4, -0.2) is 15.8 Å². The van der Waals surface area contributed by atoms with Crippen LogP contribution in [0.1, 0.15) is 0 Å². The number of rotatable bonds is 6. The maximum Gasteiger partial charge on any atom is 0.252 e. The van der Waals surface area contributed by atoms with Crippen LogP contribution in [0.25, 0.3) is 176 Å². The molecule has 0 amide bonds. The van der Waals surface area contributed by atoms with Gasteiger partial charge in [0.2, 0.25) is 0 Å². The third kappa shape index (κ3) is 6.58. The molecule has 3 aromatic heterocycles. The summed E-state index contributed by atoms with van der Waals surface area (Å²) in [7, 11) is 0. The van der Waals surface area contributed by atoms with Crippen LogP contribution in [0.3, 0.4) is 0 Å². The van der Waals surface area contributed by atoms with Crippen molar-refractivity contribution < 1.29 is 4.42 Å². The van der Waals surface area contributed by atoms with E-state index in [1.807, 2.05) is 0 Å². The summed E-state index contributed by atoms with van der Waals surface area (Å²) in [6.45, 7) is -0.127. The zero-order valence-corrected chi connectivity index (χ0v) is 47.7. The molecule has 0 radical (unpaired) electrons. The number of nitrogens with zero attached hydrogens (tertiary/aromatic N) is 2. The SMILES string of the molecule is c1ccc(-c2cc(-c3ccccc3)c(-c3cc4c5c(c3)-n3c6ccc(-c7ccccc7-c7ccccc7)cc6c6c7c8ccccc8c8ccccc8c7cc(c63)B5c3cccc5c6cc7oc8ccccc8c7cc6n-4c35)c(-c3ccccc3)c2)cc1. The summed E-state index contributed by atoms with van der Waals surface area (Å²) in [6, 6.07) is 111. The molecule has 0 spiro atoms. The molecule has 404 valence electrons. The number of benzene rings is 15. The van der Waals surface area contributed by atoms with Crippen molar-refractivity contribution in [3.05, 3.63) is 297 Å². The molecule has 0 unspecified atom stereocenters. The largest absolute Gasteiger partial charge is 0.456 e. The van der Waals surface area contributed by atoms with Gasteiger partial charge in [-0.3, -0.25) is 0 Å². The van der Waals surface area contributed by atoms with E-state index in [4.69, 9.17) is 4.42 Å². The highest BCUT2D eigenvalue weighted by atomic mass is 16.3. The lowest BCUT2D eigenvalue weighted by atomic mass is 9.34. The average molecular weight is 1110 g/mol. The molecule has 18 aromatic rings. The molecule has 0 bridgehead atoms. The Morgan fingerprint density at radius 1 is 0.250 bits per heavy atom. The summed E-state index contributed by atoms with van der Waals surface area (Å²) in [5, 5.41) is 14.8. The quantitative estimate of drug-likeness (QED) is 0.120. The Morgan fingerprint density at radius 3 is 1.45 bits per heavy atom. The maximum atomic E-state index is 6.74. The van der Waals surface area contributed by atoms with E-state index in [0.717, 1.165) is 44.1 Å². The number of aromatic nitrogens is 2. The second-order valence-corrected chi connectivity index (χ2v) is 24.1. The minimum absolute atomic E-state index is 0.127. The van der Waals surface area contributed by atoms with Crippen LogP contribution in [0.15, 0.2) is 302 Å². The molecule has 0 atom stereocenters. The van der Waals surface area contributed by atoms with Gasteiger partial charge in [0.1, 0.15) is 11.2 Å². The molecule has 3 nitrogen and oxygen atoms in total. The minimum atomic E-state index is -0.127. The van der Waals surface area contributed by atoms with Gasteiger partial charge in [-0.1, -0.05) is 243 Å². The van der Waals surface area contributed by atoms with Crippen LogP contribution in [0.4, 0.5) is 0 Å². The maximum absolute atomic E-state index is 6.74. The molecule has 20 rings (SSSR count). The van der Waals surface area contributed by atoms with E-state index >= 15 is 0 Å². The van der Waals surface area contributed by atoms with Crippen molar-refractivity contribution >= 4 is 121 Å². The van der Waals surface area contributed by atoms with Crippen LogP contribution >= 0.6 is 0 Å². The molecule has 0 saturated heterocycles. The lowest BCUT2D eigenvalue weighted by molar-refractivity contribution is 0.669. The van der Waals surface area contributed by atoms with Crippen molar-refractivity contribution in [2.75, 3.05) is 0 Å². The van der Waals surface area contributed by atoms with E-state index in [9.17, 15) is 0 Å². The Hall–Kier alpha value is -11.5. The van der Waals surface area contributed by atoms with Crippen molar-refractivity contribution in [3.63, 3.8) is 0 Å². The smallest absolute Gasteiger partial charge is 0.252 e. The fourth-order valence-electron chi connectivity index (χ4n) is 16.0. The highest BCUT2D eigenvalue weighted by Crippen LogP contribution is 2.50. The highest BCUT2D eigenvalue weighted by Gasteiger charge is 2.42. The second kappa shape index (κ2) is 18.0. The summed E-state index contributed by atoms with van der Waals surface area (Å²) in [5.74, 6) is 0.